The van der Waals surface area contributed by atoms with Crippen molar-refractivity contribution in [1.82, 2.24) is 15.1 Å². The highest BCUT2D eigenvalue weighted by Gasteiger charge is 2.45. The summed E-state index contributed by atoms with van der Waals surface area (Å²) in [6.07, 6.45) is 6.33. The third-order valence-electron chi connectivity index (χ3n) is 5.80. The second-order valence-corrected chi connectivity index (χ2v) is 7.22. The molecule has 2 heterocycles. The van der Waals surface area contributed by atoms with Crippen molar-refractivity contribution >= 4 is 5.91 Å². The molecule has 1 aliphatic carbocycles. The molecule has 3 fully saturated rings. The predicted octanol–water partition coefficient (Wildman–Crippen LogP) is 1.32. The molecule has 1 saturated carbocycles. The van der Waals surface area contributed by atoms with Gasteiger partial charge in [-0.2, -0.15) is 0 Å². The lowest BCUT2D eigenvalue weighted by Gasteiger charge is -2.53. The lowest BCUT2D eigenvalue weighted by atomic mass is 9.77. The first kappa shape index (κ1) is 14.3. The minimum absolute atomic E-state index is 0.147. The molecule has 1 atom stereocenters. The third kappa shape index (κ3) is 2.48. The fraction of sp³-hybridized carbons (Fsp3) is 0.938. The van der Waals surface area contributed by atoms with Gasteiger partial charge >= 0.3 is 0 Å². The van der Waals surface area contributed by atoms with Gasteiger partial charge in [-0.25, -0.2) is 0 Å². The van der Waals surface area contributed by atoms with Crippen LogP contribution in [-0.2, 0) is 4.79 Å². The molecule has 1 N–H and O–H groups in total. The average molecular weight is 279 g/mol. The van der Waals surface area contributed by atoms with Crippen LogP contribution in [0.1, 0.15) is 39.0 Å². The molecule has 114 valence electrons. The monoisotopic (exact) mass is 279 g/mol. The summed E-state index contributed by atoms with van der Waals surface area (Å²) in [5.74, 6) is 1.17. The highest BCUT2D eigenvalue weighted by molar-refractivity contribution is 5.80. The summed E-state index contributed by atoms with van der Waals surface area (Å²) in [6.45, 7) is 7.22. The molecule has 0 aromatic carbocycles. The first-order valence-corrected chi connectivity index (χ1v) is 8.33. The standard InChI is InChI=1S/C16H29N3O/c1-13(14-10-17-11-14)15(20)19-9-8-18(2)12-16(19)6-4-3-5-7-16/h13-14,17H,3-12H2,1-2H3. The molecule has 20 heavy (non-hydrogen) atoms. The number of rotatable bonds is 2. The number of nitrogens with one attached hydrogen (secondary N) is 1. The van der Waals surface area contributed by atoms with Gasteiger partial charge in [0.2, 0.25) is 5.91 Å². The van der Waals surface area contributed by atoms with Crippen LogP contribution in [0.4, 0.5) is 0 Å². The Kier molecular flexibility index (Phi) is 4.04. The van der Waals surface area contributed by atoms with Crippen molar-refractivity contribution in [2.24, 2.45) is 11.8 Å². The van der Waals surface area contributed by atoms with E-state index in [1.54, 1.807) is 0 Å². The van der Waals surface area contributed by atoms with Crippen molar-refractivity contribution in [3.8, 4) is 0 Å². The van der Waals surface area contributed by atoms with Crippen molar-refractivity contribution in [3.05, 3.63) is 0 Å². The molecule has 3 aliphatic rings. The lowest BCUT2D eigenvalue weighted by Crippen LogP contribution is -2.65. The van der Waals surface area contributed by atoms with Crippen molar-refractivity contribution in [3.63, 3.8) is 0 Å². The van der Waals surface area contributed by atoms with Gasteiger partial charge in [0.1, 0.15) is 0 Å². The van der Waals surface area contributed by atoms with E-state index in [9.17, 15) is 4.79 Å². The molecule has 1 unspecified atom stereocenters. The highest BCUT2D eigenvalue weighted by Crippen LogP contribution is 2.37. The Labute approximate surface area is 122 Å². The molecular weight excluding hydrogens is 250 g/mol. The maximum atomic E-state index is 13.0. The van der Waals surface area contributed by atoms with Crippen LogP contribution < -0.4 is 5.32 Å². The van der Waals surface area contributed by atoms with Crippen LogP contribution in [0.25, 0.3) is 0 Å². The van der Waals surface area contributed by atoms with Crippen LogP contribution in [0.5, 0.6) is 0 Å². The van der Waals surface area contributed by atoms with Crippen LogP contribution in [-0.4, -0.2) is 61.0 Å². The number of likely N-dealkylation sites (N-methyl/N-ethyl adjacent to an activating group) is 1. The quantitative estimate of drug-likeness (QED) is 0.828. The van der Waals surface area contributed by atoms with E-state index in [2.05, 4.69) is 29.1 Å². The summed E-state index contributed by atoms with van der Waals surface area (Å²) in [5.41, 5.74) is 0.147. The van der Waals surface area contributed by atoms with Gasteiger partial charge in [-0.05, 0) is 38.9 Å². The molecule has 4 heteroatoms. The van der Waals surface area contributed by atoms with Gasteiger partial charge < -0.3 is 15.1 Å². The van der Waals surface area contributed by atoms with Crippen LogP contribution >= 0.6 is 0 Å². The van der Waals surface area contributed by atoms with Gasteiger partial charge in [0.05, 0.1) is 5.54 Å². The maximum absolute atomic E-state index is 13.0. The smallest absolute Gasteiger partial charge is 0.226 e. The second-order valence-electron chi connectivity index (χ2n) is 7.22. The van der Waals surface area contributed by atoms with E-state index in [1.807, 2.05) is 0 Å². The maximum Gasteiger partial charge on any atom is 0.226 e. The van der Waals surface area contributed by atoms with Crippen molar-refractivity contribution in [2.45, 2.75) is 44.6 Å². The molecule has 2 saturated heterocycles. The zero-order valence-corrected chi connectivity index (χ0v) is 13.0. The van der Waals surface area contributed by atoms with Gasteiger partial charge in [0.15, 0.2) is 0 Å². The van der Waals surface area contributed by atoms with Crippen molar-refractivity contribution in [2.75, 3.05) is 39.8 Å². The van der Waals surface area contributed by atoms with E-state index in [1.165, 1.54) is 32.1 Å². The molecule has 0 radical (unpaired) electrons. The van der Waals surface area contributed by atoms with E-state index in [0.29, 0.717) is 11.8 Å². The highest BCUT2D eigenvalue weighted by atomic mass is 16.2. The Morgan fingerprint density at radius 1 is 1.20 bits per heavy atom. The minimum Gasteiger partial charge on any atom is -0.334 e. The molecule has 1 amide bonds. The van der Waals surface area contributed by atoms with Crippen molar-refractivity contribution in [1.29, 1.82) is 0 Å². The number of amides is 1. The fourth-order valence-electron chi connectivity index (χ4n) is 4.27. The molecule has 2 aliphatic heterocycles. The molecule has 0 aromatic rings. The van der Waals surface area contributed by atoms with E-state index < -0.39 is 0 Å². The average Bonchev–Trinajstić information content (AvgIpc) is 2.37. The van der Waals surface area contributed by atoms with E-state index in [4.69, 9.17) is 0 Å². The van der Waals surface area contributed by atoms with E-state index >= 15 is 0 Å². The van der Waals surface area contributed by atoms with E-state index in [0.717, 1.165) is 32.7 Å². The number of carbonyl (C=O) groups is 1. The van der Waals surface area contributed by atoms with Crippen LogP contribution in [0.15, 0.2) is 0 Å². The summed E-state index contributed by atoms with van der Waals surface area (Å²) >= 11 is 0. The normalized spacial score (nSPS) is 29.2. The Morgan fingerprint density at radius 3 is 2.50 bits per heavy atom. The first-order chi connectivity index (χ1) is 9.62. The summed E-state index contributed by atoms with van der Waals surface area (Å²) in [7, 11) is 2.21. The minimum atomic E-state index is 0.147. The molecule has 3 rings (SSSR count). The van der Waals surface area contributed by atoms with E-state index in [-0.39, 0.29) is 11.5 Å². The number of nitrogens with zero attached hydrogens (tertiary/aromatic N) is 2. The van der Waals surface area contributed by atoms with Gasteiger partial charge in [-0.1, -0.05) is 26.2 Å². The topological polar surface area (TPSA) is 35.6 Å². The number of hydrogen-bond donors (Lipinski definition) is 1. The zero-order valence-electron chi connectivity index (χ0n) is 13.0. The summed E-state index contributed by atoms with van der Waals surface area (Å²) in [5, 5.41) is 3.30. The van der Waals surface area contributed by atoms with Crippen LogP contribution in [0.3, 0.4) is 0 Å². The number of piperazine rings is 1. The SMILES string of the molecule is CC(C(=O)N1CCN(C)CC12CCCCC2)C1CNC1. The molecular formula is C16H29N3O. The van der Waals surface area contributed by atoms with Gasteiger partial charge in [0.25, 0.3) is 0 Å². The van der Waals surface area contributed by atoms with Crippen molar-refractivity contribution < 1.29 is 4.79 Å². The predicted molar refractivity (Wildman–Crippen MR) is 80.5 cm³/mol. The van der Waals surface area contributed by atoms with Gasteiger partial charge in [-0.15, -0.1) is 0 Å². The molecule has 4 nitrogen and oxygen atoms in total. The Hall–Kier alpha value is -0.610. The zero-order chi connectivity index (χ0) is 14.2. The summed E-state index contributed by atoms with van der Waals surface area (Å²) in [6, 6.07) is 0. The molecule has 1 spiro atoms. The third-order valence-corrected chi connectivity index (χ3v) is 5.80. The Morgan fingerprint density at radius 2 is 1.90 bits per heavy atom. The fourth-order valence-corrected chi connectivity index (χ4v) is 4.27. The molecule has 0 aromatic heterocycles. The summed E-state index contributed by atoms with van der Waals surface area (Å²) in [4.78, 5) is 17.7. The molecule has 0 bridgehead atoms. The lowest BCUT2D eigenvalue weighted by molar-refractivity contribution is -0.150. The first-order valence-electron chi connectivity index (χ1n) is 8.33. The Balaban J connectivity index is 1.76. The van der Waals surface area contributed by atoms with Gasteiger partial charge in [0, 0.05) is 25.6 Å². The largest absolute Gasteiger partial charge is 0.334 e. The van der Waals surface area contributed by atoms with Gasteiger partial charge in [-0.3, -0.25) is 4.79 Å². The second kappa shape index (κ2) is 5.64. The van der Waals surface area contributed by atoms with Crippen LogP contribution in [0.2, 0.25) is 0 Å². The summed E-state index contributed by atoms with van der Waals surface area (Å²) < 4.78 is 0. The number of hydrogen-bond acceptors (Lipinski definition) is 3. The van der Waals surface area contributed by atoms with Crippen LogP contribution in [0, 0.1) is 11.8 Å². The Bertz CT molecular complexity index is 361. The number of carbonyl (C=O) groups excluding carboxylic acids is 1.